The number of phenolic OH excluding ortho intramolecular Hbond substituents is 1. The molecule has 0 aliphatic carbocycles. The van der Waals surface area contributed by atoms with Crippen LogP contribution in [0.25, 0.3) is 10.8 Å². The van der Waals surface area contributed by atoms with Gasteiger partial charge < -0.3 is 5.11 Å². The molecule has 0 spiro atoms. The molecule has 0 aliphatic rings. The van der Waals surface area contributed by atoms with Gasteiger partial charge in [-0.25, -0.2) is 5.43 Å². The van der Waals surface area contributed by atoms with Gasteiger partial charge in [0.25, 0.3) is 0 Å². The van der Waals surface area contributed by atoms with Crippen LogP contribution in [-0.4, -0.2) is 17.2 Å². The van der Waals surface area contributed by atoms with Crippen molar-refractivity contribution in [2.45, 2.75) is 6.42 Å². The molecule has 0 aliphatic heterocycles. The molecule has 24 heavy (non-hydrogen) atoms. The van der Waals surface area contributed by atoms with Gasteiger partial charge in [0, 0.05) is 4.47 Å². The number of hydrogen-bond donors (Lipinski definition) is 2. The molecule has 0 aromatic heterocycles. The molecule has 2 N–H and O–H groups in total. The van der Waals surface area contributed by atoms with Gasteiger partial charge in [0.15, 0.2) is 0 Å². The van der Waals surface area contributed by atoms with Gasteiger partial charge in [0.1, 0.15) is 5.75 Å². The average Bonchev–Trinajstić information content (AvgIpc) is 2.58. The second-order valence-electron chi connectivity index (χ2n) is 5.32. The van der Waals surface area contributed by atoms with Crippen LogP contribution in [0.3, 0.4) is 0 Å². The number of benzene rings is 3. The Morgan fingerprint density at radius 2 is 1.88 bits per heavy atom. The highest BCUT2D eigenvalue weighted by Crippen LogP contribution is 2.27. The number of nitrogens with one attached hydrogen (secondary N) is 1. The van der Waals surface area contributed by atoms with Crippen molar-refractivity contribution in [2.24, 2.45) is 5.10 Å². The summed E-state index contributed by atoms with van der Waals surface area (Å²) in [4.78, 5) is 12.1. The monoisotopic (exact) mass is 382 g/mol. The van der Waals surface area contributed by atoms with Crippen molar-refractivity contribution in [3.8, 4) is 5.75 Å². The van der Waals surface area contributed by atoms with Crippen molar-refractivity contribution in [1.29, 1.82) is 0 Å². The Labute approximate surface area is 148 Å². The van der Waals surface area contributed by atoms with Crippen molar-refractivity contribution in [3.63, 3.8) is 0 Å². The predicted octanol–water partition coefficient (Wildman–Crippen LogP) is 4.00. The fraction of sp³-hybridized carbons (Fsp3) is 0.0526. The largest absolute Gasteiger partial charge is 0.508 e. The normalized spacial score (nSPS) is 11.0. The number of fused-ring (bicyclic) bond motifs is 1. The number of phenols is 1. The van der Waals surface area contributed by atoms with E-state index < -0.39 is 0 Å². The number of amides is 1. The van der Waals surface area contributed by atoms with Crippen LogP contribution in [0.2, 0.25) is 0 Å². The van der Waals surface area contributed by atoms with E-state index in [-0.39, 0.29) is 18.1 Å². The van der Waals surface area contributed by atoms with Crippen LogP contribution >= 0.6 is 15.9 Å². The summed E-state index contributed by atoms with van der Waals surface area (Å²) >= 11 is 3.53. The maximum Gasteiger partial charge on any atom is 0.244 e. The first kappa shape index (κ1) is 16.2. The molecule has 3 rings (SSSR count). The van der Waals surface area contributed by atoms with E-state index in [1.165, 1.54) is 6.21 Å². The highest BCUT2D eigenvalue weighted by molar-refractivity contribution is 9.10. The minimum absolute atomic E-state index is 0.159. The molecule has 3 aromatic carbocycles. The Morgan fingerprint density at radius 1 is 1.08 bits per heavy atom. The molecule has 5 heteroatoms. The average molecular weight is 383 g/mol. The lowest BCUT2D eigenvalue weighted by Gasteiger charge is -2.07. The van der Waals surface area contributed by atoms with Crippen LogP contribution in [0, 0.1) is 0 Å². The number of aromatic hydroxyl groups is 1. The summed E-state index contributed by atoms with van der Waals surface area (Å²) in [5.74, 6) is -0.0366. The Kier molecular flexibility index (Phi) is 4.91. The van der Waals surface area contributed by atoms with Gasteiger partial charge in [-0.1, -0.05) is 58.4 Å². The van der Waals surface area contributed by atoms with Gasteiger partial charge in [-0.3, -0.25) is 4.79 Å². The Bertz CT molecular complexity index is 922. The fourth-order valence-electron chi connectivity index (χ4n) is 2.48. The van der Waals surface area contributed by atoms with Gasteiger partial charge in [0.05, 0.1) is 12.6 Å². The Hall–Kier alpha value is -2.66. The summed E-state index contributed by atoms with van der Waals surface area (Å²) in [7, 11) is 0. The van der Waals surface area contributed by atoms with Crippen LogP contribution in [0.5, 0.6) is 5.75 Å². The van der Waals surface area contributed by atoms with Crippen LogP contribution in [0.1, 0.15) is 11.1 Å². The summed E-state index contributed by atoms with van der Waals surface area (Å²) < 4.78 is 1.00. The van der Waals surface area contributed by atoms with Crippen molar-refractivity contribution < 1.29 is 9.90 Å². The summed E-state index contributed by atoms with van der Waals surface area (Å²) in [6, 6.07) is 18.5. The van der Waals surface area contributed by atoms with Crippen LogP contribution in [0.15, 0.2) is 70.2 Å². The van der Waals surface area contributed by atoms with Crippen molar-refractivity contribution >= 4 is 38.8 Å². The van der Waals surface area contributed by atoms with Gasteiger partial charge in [-0.2, -0.15) is 5.10 Å². The van der Waals surface area contributed by atoms with E-state index in [1.54, 1.807) is 24.3 Å². The zero-order valence-corrected chi connectivity index (χ0v) is 14.3. The van der Waals surface area contributed by atoms with E-state index in [4.69, 9.17) is 0 Å². The number of hydrogen-bond acceptors (Lipinski definition) is 3. The number of rotatable bonds is 4. The second-order valence-corrected chi connectivity index (χ2v) is 6.17. The summed E-state index contributed by atoms with van der Waals surface area (Å²) in [5, 5.41) is 15.4. The van der Waals surface area contributed by atoms with Crippen molar-refractivity contribution in [3.05, 3.63) is 76.3 Å². The van der Waals surface area contributed by atoms with Crippen LogP contribution < -0.4 is 5.43 Å². The summed E-state index contributed by atoms with van der Waals surface area (Å²) in [6.45, 7) is 0. The number of nitrogens with zero attached hydrogens (tertiary/aromatic N) is 1. The fourth-order valence-corrected chi connectivity index (χ4v) is 2.95. The lowest BCUT2D eigenvalue weighted by molar-refractivity contribution is -0.120. The first-order valence-electron chi connectivity index (χ1n) is 7.40. The van der Waals surface area contributed by atoms with Gasteiger partial charge >= 0.3 is 0 Å². The molecule has 0 fully saturated rings. The molecule has 0 radical (unpaired) electrons. The number of carbonyl (C=O) groups is 1. The molecular weight excluding hydrogens is 368 g/mol. The zero-order chi connectivity index (χ0) is 16.9. The zero-order valence-electron chi connectivity index (χ0n) is 12.7. The maximum absolute atomic E-state index is 12.1. The first-order chi connectivity index (χ1) is 11.6. The molecule has 120 valence electrons. The van der Waals surface area contributed by atoms with Crippen molar-refractivity contribution in [2.75, 3.05) is 0 Å². The Balaban J connectivity index is 1.70. The van der Waals surface area contributed by atoms with E-state index in [0.717, 1.165) is 20.8 Å². The van der Waals surface area contributed by atoms with E-state index in [2.05, 4.69) is 26.5 Å². The van der Waals surface area contributed by atoms with E-state index >= 15 is 0 Å². The SMILES string of the molecule is O=C(Cc1ccc(Br)c2ccccc12)NN=Cc1cccc(O)c1. The van der Waals surface area contributed by atoms with E-state index in [1.807, 2.05) is 36.4 Å². The minimum atomic E-state index is -0.195. The summed E-state index contributed by atoms with van der Waals surface area (Å²) in [6.07, 6.45) is 1.74. The highest BCUT2D eigenvalue weighted by atomic mass is 79.9. The predicted molar refractivity (Wildman–Crippen MR) is 99.2 cm³/mol. The molecule has 0 heterocycles. The Morgan fingerprint density at radius 3 is 2.67 bits per heavy atom. The van der Waals surface area contributed by atoms with E-state index in [0.29, 0.717) is 5.56 Å². The maximum atomic E-state index is 12.1. The molecule has 0 saturated heterocycles. The highest BCUT2D eigenvalue weighted by Gasteiger charge is 2.08. The molecular formula is C19H15BrN2O2. The molecule has 0 unspecified atom stereocenters. The lowest BCUT2D eigenvalue weighted by Crippen LogP contribution is -2.19. The number of halogens is 1. The minimum Gasteiger partial charge on any atom is -0.508 e. The summed E-state index contributed by atoms with van der Waals surface area (Å²) in [5.41, 5.74) is 4.17. The van der Waals surface area contributed by atoms with Crippen LogP contribution in [0.4, 0.5) is 0 Å². The standard InChI is InChI=1S/C19H15BrN2O2/c20-18-9-8-14(16-6-1-2-7-17(16)18)11-19(24)22-21-12-13-4-3-5-15(23)10-13/h1-10,12,23H,11H2,(H,22,24). The topological polar surface area (TPSA) is 61.7 Å². The third-order valence-corrected chi connectivity index (χ3v) is 4.28. The van der Waals surface area contributed by atoms with Crippen LogP contribution in [-0.2, 0) is 11.2 Å². The smallest absolute Gasteiger partial charge is 0.244 e. The quantitative estimate of drug-likeness (QED) is 0.529. The molecule has 0 saturated carbocycles. The third-order valence-electron chi connectivity index (χ3n) is 3.59. The van der Waals surface area contributed by atoms with Gasteiger partial charge in [0.2, 0.25) is 5.91 Å². The second kappa shape index (κ2) is 7.27. The molecule has 0 bridgehead atoms. The number of carbonyl (C=O) groups excluding carboxylic acids is 1. The first-order valence-corrected chi connectivity index (χ1v) is 8.20. The van der Waals surface area contributed by atoms with Gasteiger partial charge in [-0.15, -0.1) is 0 Å². The third kappa shape index (κ3) is 3.81. The molecule has 3 aromatic rings. The lowest BCUT2D eigenvalue weighted by atomic mass is 10.0. The van der Waals surface area contributed by atoms with Gasteiger partial charge in [-0.05, 0) is 40.1 Å². The molecule has 4 nitrogen and oxygen atoms in total. The molecule has 1 amide bonds. The van der Waals surface area contributed by atoms with E-state index in [9.17, 15) is 9.90 Å². The number of hydrazone groups is 1. The van der Waals surface area contributed by atoms with Crippen molar-refractivity contribution in [1.82, 2.24) is 5.43 Å². The molecule has 0 atom stereocenters.